The van der Waals surface area contributed by atoms with E-state index in [0.29, 0.717) is 0 Å². The van der Waals surface area contributed by atoms with Crippen LogP contribution in [-0.2, 0) is 14.8 Å². The Morgan fingerprint density at radius 1 is 1.23 bits per heavy atom. The molecule has 5 nitrogen and oxygen atoms in total. The summed E-state index contributed by atoms with van der Waals surface area (Å²) < 4.78 is 32.3. The maximum absolute atomic E-state index is 12.2. The summed E-state index contributed by atoms with van der Waals surface area (Å²) in [5, 5.41) is 0. The topological polar surface area (TPSA) is 72.5 Å². The predicted octanol–water partition coefficient (Wildman–Crippen LogP) is 2.86. The van der Waals surface area contributed by atoms with Gasteiger partial charge in [-0.25, -0.2) is 17.9 Å². The summed E-state index contributed by atoms with van der Waals surface area (Å²) >= 11 is 0. The lowest BCUT2D eigenvalue weighted by molar-refractivity contribution is 0.0211. The van der Waals surface area contributed by atoms with Gasteiger partial charge in [-0.05, 0) is 57.7 Å². The largest absolute Gasteiger partial charge is 0.459 e. The molecule has 2 rings (SSSR count). The van der Waals surface area contributed by atoms with E-state index in [1.54, 1.807) is 26.0 Å². The molecule has 0 unspecified atom stereocenters. The van der Waals surface area contributed by atoms with Crippen molar-refractivity contribution in [1.82, 2.24) is 4.72 Å². The van der Waals surface area contributed by atoms with Gasteiger partial charge >= 0.3 is 5.97 Å². The summed E-state index contributed by atoms with van der Waals surface area (Å²) in [4.78, 5) is 12.3. The first-order chi connectivity index (χ1) is 10.4. The summed E-state index contributed by atoms with van der Waals surface area (Å²) in [5.41, 5.74) is 0.275. The fraction of sp³-hybridized carbons (Fsp3) is 0.562. The van der Waals surface area contributed by atoms with Crippen LogP contribution in [0.2, 0.25) is 0 Å². The van der Waals surface area contributed by atoms with Crippen LogP contribution in [0.5, 0.6) is 0 Å². The maximum Gasteiger partial charge on any atom is 0.338 e. The first kappa shape index (κ1) is 17.0. The van der Waals surface area contributed by atoms with Gasteiger partial charge in [0.2, 0.25) is 10.0 Å². The molecule has 1 aromatic carbocycles. The van der Waals surface area contributed by atoms with Crippen molar-refractivity contribution in [2.45, 2.75) is 63.0 Å². The van der Waals surface area contributed by atoms with Crippen LogP contribution in [0.15, 0.2) is 29.2 Å². The second-order valence-electron chi connectivity index (χ2n) is 5.97. The van der Waals surface area contributed by atoms with Crippen molar-refractivity contribution < 1.29 is 17.9 Å². The van der Waals surface area contributed by atoms with Crippen LogP contribution in [0.4, 0.5) is 0 Å². The van der Waals surface area contributed by atoms with Crippen molar-refractivity contribution in [2.75, 3.05) is 0 Å². The normalized spacial score (nSPS) is 16.7. The minimum Gasteiger partial charge on any atom is -0.459 e. The zero-order valence-corrected chi connectivity index (χ0v) is 13.9. The van der Waals surface area contributed by atoms with Gasteiger partial charge in [0.25, 0.3) is 0 Å². The molecule has 1 aliphatic rings. The van der Waals surface area contributed by atoms with Crippen LogP contribution in [0, 0.1) is 0 Å². The highest BCUT2D eigenvalue weighted by Crippen LogP contribution is 2.22. The summed E-state index contributed by atoms with van der Waals surface area (Å²) in [7, 11) is -3.61. The minimum atomic E-state index is -3.61. The van der Waals surface area contributed by atoms with E-state index in [9.17, 15) is 13.2 Å². The van der Waals surface area contributed by atoms with Crippen molar-refractivity contribution in [2.24, 2.45) is 0 Å². The van der Waals surface area contributed by atoms with Gasteiger partial charge in [0.1, 0.15) is 6.10 Å². The zero-order valence-electron chi connectivity index (χ0n) is 13.0. The Bertz CT molecular complexity index is 619. The van der Waals surface area contributed by atoms with Gasteiger partial charge in [-0.15, -0.1) is 0 Å². The van der Waals surface area contributed by atoms with E-state index >= 15 is 0 Å². The molecule has 1 N–H and O–H groups in total. The van der Waals surface area contributed by atoms with Crippen LogP contribution in [-0.4, -0.2) is 26.5 Å². The molecule has 0 aromatic heterocycles. The van der Waals surface area contributed by atoms with E-state index in [-0.39, 0.29) is 22.6 Å². The lowest BCUT2D eigenvalue weighted by atomic mass is 9.98. The minimum absolute atomic E-state index is 0.0460. The van der Waals surface area contributed by atoms with Crippen molar-refractivity contribution in [3.8, 4) is 0 Å². The van der Waals surface area contributed by atoms with E-state index in [1.807, 2.05) is 0 Å². The second kappa shape index (κ2) is 7.24. The summed E-state index contributed by atoms with van der Waals surface area (Å²) in [6.07, 6.45) is 5.06. The Balaban J connectivity index is 2.12. The number of nitrogens with one attached hydrogen (secondary N) is 1. The fourth-order valence-corrected chi connectivity index (χ4v) is 3.87. The molecule has 122 valence electrons. The first-order valence-corrected chi connectivity index (χ1v) is 9.20. The highest BCUT2D eigenvalue weighted by atomic mass is 32.2. The van der Waals surface area contributed by atoms with Gasteiger partial charge in [-0.2, -0.15) is 0 Å². The average molecular weight is 325 g/mol. The number of hydrogen-bond acceptors (Lipinski definition) is 4. The molecular formula is C16H23NO4S. The second-order valence-corrected chi connectivity index (χ2v) is 7.68. The van der Waals surface area contributed by atoms with Gasteiger partial charge in [0, 0.05) is 6.04 Å². The molecule has 1 aromatic rings. The maximum atomic E-state index is 12.2. The smallest absolute Gasteiger partial charge is 0.338 e. The van der Waals surface area contributed by atoms with Crippen LogP contribution >= 0.6 is 0 Å². The third-order valence-electron chi connectivity index (χ3n) is 3.60. The molecule has 6 heteroatoms. The summed E-state index contributed by atoms with van der Waals surface area (Å²) in [6.45, 7) is 3.50. The van der Waals surface area contributed by atoms with Crippen LogP contribution < -0.4 is 4.72 Å². The van der Waals surface area contributed by atoms with Crippen molar-refractivity contribution >= 4 is 16.0 Å². The third kappa shape index (κ3) is 4.55. The van der Waals surface area contributed by atoms with Gasteiger partial charge in [0.05, 0.1) is 10.5 Å². The van der Waals surface area contributed by atoms with E-state index in [0.717, 1.165) is 25.7 Å². The number of carbonyl (C=O) groups is 1. The standard InChI is InChI=1S/C16H23NO4S/c1-12(2)17-22(19,20)15-10-6-7-13(11-15)16(18)21-14-8-4-3-5-9-14/h6-7,10-12,14,17H,3-5,8-9H2,1-2H3. The number of benzene rings is 1. The monoisotopic (exact) mass is 325 g/mol. The quantitative estimate of drug-likeness (QED) is 0.845. The molecule has 1 aliphatic carbocycles. The van der Waals surface area contributed by atoms with Crippen LogP contribution in [0.1, 0.15) is 56.3 Å². The van der Waals surface area contributed by atoms with Crippen molar-refractivity contribution in [3.63, 3.8) is 0 Å². The highest BCUT2D eigenvalue weighted by molar-refractivity contribution is 7.89. The Morgan fingerprint density at radius 2 is 1.91 bits per heavy atom. The molecule has 0 atom stereocenters. The number of ether oxygens (including phenoxy) is 1. The Hall–Kier alpha value is -1.40. The Morgan fingerprint density at radius 3 is 2.55 bits per heavy atom. The lowest BCUT2D eigenvalue weighted by Gasteiger charge is -2.21. The number of carbonyl (C=O) groups excluding carboxylic acids is 1. The third-order valence-corrected chi connectivity index (χ3v) is 5.25. The highest BCUT2D eigenvalue weighted by Gasteiger charge is 2.21. The van der Waals surface area contributed by atoms with E-state index in [2.05, 4.69) is 4.72 Å². The van der Waals surface area contributed by atoms with E-state index in [4.69, 9.17) is 4.74 Å². The summed E-state index contributed by atoms with van der Waals surface area (Å²) in [6, 6.07) is 5.78. The predicted molar refractivity (Wildman–Crippen MR) is 84.2 cm³/mol. The molecule has 1 fully saturated rings. The molecule has 0 heterocycles. The molecule has 1 saturated carbocycles. The van der Waals surface area contributed by atoms with Gasteiger partial charge in [0.15, 0.2) is 0 Å². The molecule has 0 bridgehead atoms. The van der Waals surface area contributed by atoms with E-state index < -0.39 is 16.0 Å². The average Bonchev–Trinajstić information content (AvgIpc) is 2.47. The Kier molecular flexibility index (Phi) is 5.58. The number of rotatable bonds is 5. The molecule has 0 amide bonds. The van der Waals surface area contributed by atoms with Crippen LogP contribution in [0.3, 0.4) is 0 Å². The Labute approximate surface area is 132 Å². The molecule has 0 spiro atoms. The van der Waals surface area contributed by atoms with Crippen molar-refractivity contribution in [1.29, 1.82) is 0 Å². The molecule has 0 radical (unpaired) electrons. The van der Waals surface area contributed by atoms with Crippen molar-refractivity contribution in [3.05, 3.63) is 29.8 Å². The van der Waals surface area contributed by atoms with Crippen LogP contribution in [0.25, 0.3) is 0 Å². The SMILES string of the molecule is CC(C)NS(=O)(=O)c1cccc(C(=O)OC2CCCCC2)c1. The molecular weight excluding hydrogens is 302 g/mol. The summed E-state index contributed by atoms with van der Waals surface area (Å²) in [5.74, 6) is -0.450. The molecule has 0 saturated heterocycles. The lowest BCUT2D eigenvalue weighted by Crippen LogP contribution is -2.30. The fourth-order valence-electron chi connectivity index (χ4n) is 2.57. The number of esters is 1. The van der Waals surface area contributed by atoms with Gasteiger partial charge in [-0.3, -0.25) is 0 Å². The van der Waals surface area contributed by atoms with Gasteiger partial charge < -0.3 is 4.74 Å². The van der Waals surface area contributed by atoms with E-state index in [1.165, 1.54) is 18.6 Å². The number of hydrogen-bond donors (Lipinski definition) is 1. The molecule has 0 aliphatic heterocycles. The number of sulfonamides is 1. The first-order valence-electron chi connectivity index (χ1n) is 7.72. The zero-order chi connectivity index (χ0) is 16.2. The molecule has 22 heavy (non-hydrogen) atoms. The van der Waals surface area contributed by atoms with Gasteiger partial charge in [-0.1, -0.05) is 12.5 Å².